The van der Waals surface area contributed by atoms with Gasteiger partial charge in [0.1, 0.15) is 11.6 Å². The highest BCUT2D eigenvalue weighted by atomic mass is 35.5. The third kappa shape index (κ3) is 2.20. The second-order valence-electron chi connectivity index (χ2n) is 2.60. The summed E-state index contributed by atoms with van der Waals surface area (Å²) in [6.45, 7) is 0. The fourth-order valence-corrected chi connectivity index (χ4v) is 0.992. The predicted octanol–water partition coefficient (Wildman–Crippen LogP) is 0.565. The van der Waals surface area contributed by atoms with Crippen LogP contribution in [0.1, 0.15) is 5.56 Å². The summed E-state index contributed by atoms with van der Waals surface area (Å²) in [4.78, 5) is 0. The first kappa shape index (κ1) is 12.4. The molecule has 0 aliphatic heterocycles. The van der Waals surface area contributed by atoms with Crippen molar-refractivity contribution in [2.75, 3.05) is 18.6 Å². The lowest BCUT2D eigenvalue weighted by Gasteiger charge is -2.09. The van der Waals surface area contributed by atoms with Crippen LogP contribution >= 0.6 is 12.4 Å². The fraction of sp³-hybridized carbons (Fsp3) is 0.125. The number of benzene rings is 1. The van der Waals surface area contributed by atoms with E-state index in [0.29, 0.717) is 22.7 Å². The minimum atomic E-state index is -0.0939. The summed E-state index contributed by atoms with van der Waals surface area (Å²) in [7, 11) is 1.48. The molecule has 0 aromatic heterocycles. The van der Waals surface area contributed by atoms with E-state index in [-0.39, 0.29) is 18.2 Å². The van der Waals surface area contributed by atoms with Gasteiger partial charge in [-0.3, -0.25) is 5.41 Å². The Balaban J connectivity index is 0.00000169. The zero-order chi connectivity index (χ0) is 10.0. The molecule has 5 nitrogen and oxygen atoms in total. The first-order valence-electron chi connectivity index (χ1n) is 3.63. The van der Waals surface area contributed by atoms with Gasteiger partial charge in [0.25, 0.3) is 0 Å². The maximum Gasteiger partial charge on any atom is 0.131 e. The number of amidine groups is 1. The number of nitrogen functional groups attached to an aromatic ring is 3. The molecule has 0 heterocycles. The lowest BCUT2D eigenvalue weighted by atomic mass is 10.1. The number of hydrogen-bond acceptors (Lipinski definition) is 4. The molecule has 1 aromatic rings. The molecule has 78 valence electrons. The zero-order valence-corrected chi connectivity index (χ0v) is 8.52. The van der Waals surface area contributed by atoms with E-state index < -0.39 is 0 Å². The van der Waals surface area contributed by atoms with Crippen LogP contribution in [-0.2, 0) is 0 Å². The Morgan fingerprint density at radius 1 is 1.29 bits per heavy atom. The first-order valence-corrected chi connectivity index (χ1v) is 3.63. The summed E-state index contributed by atoms with van der Waals surface area (Å²) >= 11 is 0. The Kier molecular flexibility index (Phi) is 4.04. The van der Waals surface area contributed by atoms with E-state index in [9.17, 15) is 0 Å². The second-order valence-corrected chi connectivity index (χ2v) is 2.60. The van der Waals surface area contributed by atoms with E-state index in [1.807, 2.05) is 0 Å². The largest absolute Gasteiger partial charge is 0.496 e. The number of nitrogens with two attached hydrogens (primary N) is 3. The normalized spacial score (nSPS) is 8.93. The van der Waals surface area contributed by atoms with Gasteiger partial charge in [-0.05, 0) is 6.07 Å². The van der Waals surface area contributed by atoms with Crippen LogP contribution in [0.25, 0.3) is 0 Å². The maximum atomic E-state index is 7.25. The molecule has 0 amide bonds. The van der Waals surface area contributed by atoms with Crippen LogP contribution in [0.4, 0.5) is 11.4 Å². The summed E-state index contributed by atoms with van der Waals surface area (Å²) in [6.07, 6.45) is 0. The Hall–Kier alpha value is -1.62. The van der Waals surface area contributed by atoms with Gasteiger partial charge in [0.15, 0.2) is 0 Å². The molecular formula is C8H13ClN4O. The highest BCUT2D eigenvalue weighted by Gasteiger charge is 2.08. The summed E-state index contributed by atoms with van der Waals surface area (Å²) in [6, 6.07) is 3.07. The van der Waals surface area contributed by atoms with E-state index in [0.717, 1.165) is 0 Å². The van der Waals surface area contributed by atoms with Crippen molar-refractivity contribution < 1.29 is 4.74 Å². The third-order valence-electron chi connectivity index (χ3n) is 1.70. The molecule has 0 spiro atoms. The highest BCUT2D eigenvalue weighted by Crippen LogP contribution is 2.26. The average molecular weight is 217 g/mol. The van der Waals surface area contributed by atoms with Crippen molar-refractivity contribution in [2.24, 2.45) is 5.73 Å². The zero-order valence-electron chi connectivity index (χ0n) is 7.70. The maximum absolute atomic E-state index is 7.25. The molecule has 0 atom stereocenters. The molecule has 7 N–H and O–H groups in total. The van der Waals surface area contributed by atoms with Crippen LogP contribution in [0, 0.1) is 5.41 Å². The van der Waals surface area contributed by atoms with Crippen molar-refractivity contribution in [1.29, 1.82) is 5.41 Å². The molecule has 1 aromatic carbocycles. The Labute approximate surface area is 88.1 Å². The van der Waals surface area contributed by atoms with Crippen molar-refractivity contribution >= 4 is 29.6 Å². The lowest BCUT2D eigenvalue weighted by molar-refractivity contribution is 0.414. The van der Waals surface area contributed by atoms with E-state index in [1.165, 1.54) is 13.2 Å². The molecule has 14 heavy (non-hydrogen) atoms. The van der Waals surface area contributed by atoms with E-state index in [4.69, 9.17) is 27.3 Å². The van der Waals surface area contributed by atoms with Crippen LogP contribution in [-0.4, -0.2) is 12.9 Å². The van der Waals surface area contributed by atoms with Gasteiger partial charge in [0.2, 0.25) is 0 Å². The lowest BCUT2D eigenvalue weighted by Crippen LogP contribution is -2.13. The Morgan fingerprint density at radius 2 is 1.79 bits per heavy atom. The van der Waals surface area contributed by atoms with Gasteiger partial charge >= 0.3 is 0 Å². The standard InChI is InChI=1S/C8H12N4O.ClH/c1-13-7-3-6(10)5(9)2-4(7)8(11)12;/h2-3H,9-10H2,1H3,(H3,11,12);1H. The van der Waals surface area contributed by atoms with Crippen molar-refractivity contribution in [1.82, 2.24) is 0 Å². The van der Waals surface area contributed by atoms with E-state index in [2.05, 4.69) is 0 Å². The molecule has 1 rings (SSSR count). The second kappa shape index (κ2) is 4.57. The van der Waals surface area contributed by atoms with Crippen molar-refractivity contribution in [2.45, 2.75) is 0 Å². The quantitative estimate of drug-likeness (QED) is 0.329. The predicted molar refractivity (Wildman–Crippen MR) is 60.1 cm³/mol. The molecule has 0 radical (unpaired) electrons. The SMILES string of the molecule is COc1cc(N)c(N)cc1C(=N)N.Cl. The van der Waals surface area contributed by atoms with Crippen LogP contribution in [0.15, 0.2) is 12.1 Å². The summed E-state index contributed by atoms with van der Waals surface area (Å²) < 4.78 is 4.99. The first-order chi connectivity index (χ1) is 6.06. The van der Waals surface area contributed by atoms with Crippen LogP contribution in [0.3, 0.4) is 0 Å². The number of methoxy groups -OCH3 is 1. The molecule has 0 unspecified atom stereocenters. The number of hydrogen-bond donors (Lipinski definition) is 4. The number of rotatable bonds is 2. The Morgan fingerprint density at radius 3 is 2.21 bits per heavy atom. The number of ether oxygens (including phenoxy) is 1. The monoisotopic (exact) mass is 216 g/mol. The summed E-state index contributed by atoms with van der Waals surface area (Å²) in [5, 5.41) is 7.25. The van der Waals surface area contributed by atoms with Gasteiger partial charge in [0, 0.05) is 6.07 Å². The van der Waals surface area contributed by atoms with Crippen molar-refractivity contribution in [3.63, 3.8) is 0 Å². The number of anilines is 2. The fourth-order valence-electron chi connectivity index (χ4n) is 0.992. The molecular weight excluding hydrogens is 204 g/mol. The Bertz CT molecular complexity index is 353. The minimum Gasteiger partial charge on any atom is -0.496 e. The van der Waals surface area contributed by atoms with E-state index in [1.54, 1.807) is 6.07 Å². The molecule has 6 heteroatoms. The van der Waals surface area contributed by atoms with E-state index >= 15 is 0 Å². The summed E-state index contributed by atoms with van der Waals surface area (Å²) in [5.41, 5.74) is 17.7. The molecule has 0 aliphatic carbocycles. The molecule has 0 aliphatic rings. The number of halogens is 1. The van der Waals surface area contributed by atoms with Gasteiger partial charge in [-0.25, -0.2) is 0 Å². The van der Waals surface area contributed by atoms with Gasteiger partial charge in [-0.1, -0.05) is 0 Å². The van der Waals surface area contributed by atoms with Crippen molar-refractivity contribution in [3.05, 3.63) is 17.7 Å². The average Bonchev–Trinajstić information content (AvgIpc) is 2.08. The van der Waals surface area contributed by atoms with Gasteiger partial charge in [-0.2, -0.15) is 0 Å². The highest BCUT2D eigenvalue weighted by molar-refractivity contribution is 5.99. The molecule has 0 bridgehead atoms. The van der Waals surface area contributed by atoms with Crippen LogP contribution < -0.4 is 21.9 Å². The van der Waals surface area contributed by atoms with Crippen LogP contribution in [0.5, 0.6) is 5.75 Å². The van der Waals surface area contributed by atoms with Gasteiger partial charge in [0.05, 0.1) is 24.0 Å². The molecule has 0 fully saturated rings. The summed E-state index contributed by atoms with van der Waals surface area (Å²) in [5.74, 6) is 0.364. The van der Waals surface area contributed by atoms with Crippen LogP contribution in [0.2, 0.25) is 0 Å². The molecule has 0 saturated carbocycles. The smallest absolute Gasteiger partial charge is 0.131 e. The molecule has 0 saturated heterocycles. The topological polar surface area (TPSA) is 111 Å². The van der Waals surface area contributed by atoms with Crippen molar-refractivity contribution in [3.8, 4) is 5.75 Å². The van der Waals surface area contributed by atoms with Gasteiger partial charge < -0.3 is 21.9 Å². The number of nitrogens with one attached hydrogen (secondary N) is 1. The van der Waals surface area contributed by atoms with Gasteiger partial charge in [-0.15, -0.1) is 12.4 Å². The third-order valence-corrected chi connectivity index (χ3v) is 1.70. The minimum absolute atomic E-state index is 0.